The van der Waals surface area contributed by atoms with Crippen LogP contribution in [0, 0.1) is 6.92 Å². The van der Waals surface area contributed by atoms with Crippen molar-refractivity contribution < 1.29 is 4.79 Å². The third kappa shape index (κ3) is 2.65. The first-order valence-electron chi connectivity index (χ1n) is 7.09. The molecule has 0 aliphatic carbocycles. The number of hydrazone groups is 1. The van der Waals surface area contributed by atoms with Gasteiger partial charge in [-0.1, -0.05) is 29.8 Å². The maximum atomic E-state index is 13.0. The highest BCUT2D eigenvalue weighted by Gasteiger charge is 2.53. The van der Waals surface area contributed by atoms with Gasteiger partial charge in [-0.25, -0.2) is 4.68 Å². The van der Waals surface area contributed by atoms with E-state index in [4.69, 9.17) is 23.8 Å². The first kappa shape index (κ1) is 16.3. The van der Waals surface area contributed by atoms with Gasteiger partial charge in [0.1, 0.15) is 5.82 Å². The fraction of sp³-hybridized carbons (Fsp3) is 0.154. The molecule has 12 heteroatoms. The summed E-state index contributed by atoms with van der Waals surface area (Å²) < 4.78 is 1.63. The summed E-state index contributed by atoms with van der Waals surface area (Å²) in [6.07, 6.45) is 1.48. The molecular weight excluding hydrogens is 384 g/mol. The van der Waals surface area contributed by atoms with Crippen molar-refractivity contribution >= 4 is 52.8 Å². The number of hydrogen-bond acceptors (Lipinski definition) is 8. The lowest BCUT2D eigenvalue weighted by atomic mass is 10.2. The smallest absolute Gasteiger partial charge is 0.293 e. The molecule has 3 heterocycles. The highest BCUT2D eigenvalue weighted by Crippen LogP contribution is 2.37. The Hall–Kier alpha value is -2.21. The van der Waals surface area contributed by atoms with Gasteiger partial charge in [-0.05, 0) is 37.0 Å². The van der Waals surface area contributed by atoms with E-state index in [-0.39, 0.29) is 5.11 Å². The Balaban J connectivity index is 1.62. The van der Waals surface area contributed by atoms with Crippen LogP contribution in [0.15, 0.2) is 34.5 Å². The Morgan fingerprint density at radius 3 is 2.96 bits per heavy atom. The lowest BCUT2D eigenvalue weighted by Crippen LogP contribution is -2.71. The highest BCUT2D eigenvalue weighted by molar-refractivity contribution is 8.01. The van der Waals surface area contributed by atoms with E-state index in [0.29, 0.717) is 21.6 Å². The van der Waals surface area contributed by atoms with E-state index in [1.54, 1.807) is 23.7 Å². The van der Waals surface area contributed by atoms with Crippen molar-refractivity contribution in [2.24, 2.45) is 5.10 Å². The minimum Gasteiger partial charge on any atom is -0.293 e. The average molecular weight is 395 g/mol. The Kier molecular flexibility index (Phi) is 3.87. The molecule has 2 aliphatic rings. The maximum Gasteiger partial charge on any atom is 0.304 e. The maximum absolute atomic E-state index is 13.0. The lowest BCUT2D eigenvalue weighted by Gasteiger charge is -2.37. The number of thioether (sulfide) groups is 1. The molecule has 0 bridgehead atoms. The zero-order chi connectivity index (χ0) is 17.6. The van der Waals surface area contributed by atoms with Crippen LogP contribution in [-0.2, 0) is 4.79 Å². The first-order valence-corrected chi connectivity index (χ1v) is 8.70. The molecule has 2 aliphatic heterocycles. The molecule has 1 spiro atoms. The number of fused-ring (bicyclic) bond motifs is 1. The van der Waals surface area contributed by atoms with Gasteiger partial charge in [-0.15, -0.1) is 10.2 Å². The first-order chi connectivity index (χ1) is 12.0. The van der Waals surface area contributed by atoms with E-state index in [0.717, 1.165) is 5.01 Å². The van der Waals surface area contributed by atoms with Crippen LogP contribution >= 0.6 is 35.6 Å². The van der Waals surface area contributed by atoms with Crippen molar-refractivity contribution in [1.29, 1.82) is 0 Å². The molecular formula is C13H11ClN8OS2. The SMILES string of the molecule is Cc1nnc2n1NC1(NNC(=S)N(/N=C/c3ccccc3Cl)C1=O)S2. The minimum atomic E-state index is -1.23. The lowest BCUT2D eigenvalue weighted by molar-refractivity contribution is -0.131. The van der Waals surface area contributed by atoms with E-state index >= 15 is 0 Å². The molecule has 128 valence electrons. The number of carbonyl (C=O) groups is 1. The van der Waals surface area contributed by atoms with E-state index in [9.17, 15) is 4.79 Å². The minimum absolute atomic E-state index is 0.126. The summed E-state index contributed by atoms with van der Waals surface area (Å²) in [7, 11) is 0. The van der Waals surface area contributed by atoms with Crippen LogP contribution < -0.4 is 16.3 Å². The molecule has 1 unspecified atom stereocenters. The van der Waals surface area contributed by atoms with Gasteiger partial charge in [0.25, 0.3) is 4.99 Å². The van der Waals surface area contributed by atoms with Crippen molar-refractivity contribution in [3.05, 3.63) is 40.7 Å². The summed E-state index contributed by atoms with van der Waals surface area (Å²) in [6, 6.07) is 7.17. The summed E-state index contributed by atoms with van der Waals surface area (Å²) in [5, 5.41) is 14.5. The van der Waals surface area contributed by atoms with Crippen LogP contribution in [0.5, 0.6) is 0 Å². The van der Waals surface area contributed by atoms with Crippen molar-refractivity contribution in [3.63, 3.8) is 0 Å². The molecule has 1 saturated heterocycles. The predicted molar refractivity (Wildman–Crippen MR) is 97.5 cm³/mol. The summed E-state index contributed by atoms with van der Waals surface area (Å²) in [5.74, 6) is 0.239. The molecule has 3 N–H and O–H groups in total. The molecule has 25 heavy (non-hydrogen) atoms. The van der Waals surface area contributed by atoms with Crippen LogP contribution in [0.25, 0.3) is 0 Å². The number of thiocarbonyl (C=S) groups is 1. The Labute approximate surface area is 156 Å². The van der Waals surface area contributed by atoms with Crippen molar-refractivity contribution in [3.8, 4) is 0 Å². The second kappa shape index (κ2) is 5.95. The van der Waals surface area contributed by atoms with Crippen LogP contribution in [0.3, 0.4) is 0 Å². The fourth-order valence-corrected chi connectivity index (χ4v) is 3.70. The van der Waals surface area contributed by atoms with Crippen LogP contribution in [0.1, 0.15) is 11.4 Å². The normalized spacial score (nSPS) is 22.4. The number of nitrogens with zero attached hydrogens (tertiary/aromatic N) is 5. The predicted octanol–water partition coefficient (Wildman–Crippen LogP) is 0.798. The standard InChI is InChI=1S/C13H11ClN8OS2/c1-7-16-18-12-21(7)20-13(25-12)10(23)22(11(24)17-19-13)15-6-8-4-2-3-5-9(8)14/h2-6,19-20H,1H3,(H,17,24)/b15-6+. The van der Waals surface area contributed by atoms with Crippen molar-refractivity contribution in [1.82, 2.24) is 30.7 Å². The number of carbonyl (C=O) groups excluding carboxylic acids is 1. The number of halogens is 1. The Bertz CT molecular complexity index is 915. The number of hydrogen-bond donors (Lipinski definition) is 3. The molecule has 1 aromatic carbocycles. The van der Waals surface area contributed by atoms with Gasteiger partial charge in [0, 0.05) is 10.6 Å². The van der Waals surface area contributed by atoms with Gasteiger partial charge in [0.05, 0.1) is 6.21 Å². The van der Waals surface area contributed by atoms with Crippen LogP contribution in [0.2, 0.25) is 5.02 Å². The monoisotopic (exact) mass is 394 g/mol. The topological polar surface area (TPSA) is 99.5 Å². The van der Waals surface area contributed by atoms with Crippen LogP contribution in [0.4, 0.5) is 0 Å². The summed E-state index contributed by atoms with van der Waals surface area (Å²) in [5.41, 5.74) is 9.37. The van der Waals surface area contributed by atoms with Gasteiger partial charge in [-0.3, -0.25) is 15.6 Å². The number of rotatable bonds is 2. The average Bonchev–Trinajstić information content (AvgIpc) is 3.13. The van der Waals surface area contributed by atoms with Crippen molar-refractivity contribution in [2.45, 2.75) is 17.1 Å². The molecule has 9 nitrogen and oxygen atoms in total. The largest absolute Gasteiger partial charge is 0.304 e. The molecule has 2 aromatic rings. The summed E-state index contributed by atoms with van der Waals surface area (Å²) in [4.78, 5) is 11.8. The van der Waals surface area contributed by atoms with Gasteiger partial charge in [0.2, 0.25) is 10.3 Å². The fourth-order valence-electron chi connectivity index (χ4n) is 2.29. The molecule has 0 radical (unpaired) electrons. The number of benzene rings is 1. The molecule has 1 fully saturated rings. The van der Waals surface area contributed by atoms with Gasteiger partial charge in [0.15, 0.2) is 0 Å². The zero-order valence-electron chi connectivity index (χ0n) is 12.7. The second-order valence-electron chi connectivity index (χ2n) is 5.20. The third-order valence-corrected chi connectivity index (χ3v) is 5.30. The summed E-state index contributed by atoms with van der Waals surface area (Å²) in [6.45, 7) is 1.78. The quantitative estimate of drug-likeness (QED) is 0.508. The molecule has 4 rings (SSSR count). The number of aromatic nitrogens is 3. The molecule has 1 atom stereocenters. The molecule has 1 aromatic heterocycles. The summed E-state index contributed by atoms with van der Waals surface area (Å²) >= 11 is 12.5. The van der Waals surface area contributed by atoms with E-state index in [1.807, 2.05) is 12.1 Å². The van der Waals surface area contributed by atoms with E-state index in [1.165, 1.54) is 18.0 Å². The molecule has 1 amide bonds. The second-order valence-corrected chi connectivity index (χ2v) is 7.17. The Morgan fingerprint density at radius 1 is 1.40 bits per heavy atom. The van der Waals surface area contributed by atoms with Gasteiger partial charge < -0.3 is 0 Å². The molecule has 0 saturated carbocycles. The number of hydrazine groups is 1. The number of aryl methyl sites for hydroxylation is 1. The van der Waals surface area contributed by atoms with E-state index in [2.05, 4.69) is 31.6 Å². The Morgan fingerprint density at radius 2 is 2.20 bits per heavy atom. The van der Waals surface area contributed by atoms with Crippen molar-refractivity contribution in [2.75, 3.05) is 5.43 Å². The number of nitrogens with one attached hydrogen (secondary N) is 3. The number of amides is 1. The van der Waals surface area contributed by atoms with Gasteiger partial charge in [-0.2, -0.15) is 15.5 Å². The third-order valence-electron chi connectivity index (χ3n) is 3.56. The zero-order valence-corrected chi connectivity index (χ0v) is 15.1. The van der Waals surface area contributed by atoms with Gasteiger partial charge >= 0.3 is 5.91 Å². The highest BCUT2D eigenvalue weighted by atomic mass is 35.5. The van der Waals surface area contributed by atoms with E-state index < -0.39 is 10.9 Å². The van der Waals surface area contributed by atoms with Crippen LogP contribution in [-0.4, -0.2) is 42.1 Å².